The molecule has 1 fully saturated rings. The molecule has 1 aliphatic heterocycles. The number of likely N-dealkylation sites (tertiary alicyclic amines) is 1. The van der Waals surface area contributed by atoms with E-state index < -0.39 is 0 Å². The minimum Gasteiger partial charge on any atom is -0.369 e. The summed E-state index contributed by atoms with van der Waals surface area (Å²) in [6.45, 7) is 5.07. The highest BCUT2D eigenvalue weighted by Gasteiger charge is 2.23. The Hall–Kier alpha value is -2.42. The number of rotatable bonds is 7. The van der Waals surface area contributed by atoms with Gasteiger partial charge in [-0.2, -0.15) is 5.10 Å². The van der Waals surface area contributed by atoms with Crippen LogP contribution in [0.1, 0.15) is 34.6 Å². The molecule has 1 aliphatic rings. The van der Waals surface area contributed by atoms with Crippen molar-refractivity contribution in [1.82, 2.24) is 20.0 Å². The molecule has 3 aromatic rings. The predicted octanol–water partition coefficient (Wildman–Crippen LogP) is 3.37. The Labute approximate surface area is 190 Å². The van der Waals surface area contributed by atoms with Gasteiger partial charge >= 0.3 is 0 Å². The van der Waals surface area contributed by atoms with Crippen molar-refractivity contribution in [2.75, 3.05) is 26.2 Å². The second kappa shape index (κ2) is 9.38. The SMILES string of the molecule is Cc1nn(-c2cccc(Cl)c2)c2sc(C(=O)NCCCN3CCCC(C(N)=O)C3)cc12. The first-order valence-electron chi connectivity index (χ1n) is 10.5. The first kappa shape index (κ1) is 21.8. The van der Waals surface area contributed by atoms with Crippen LogP contribution in [0.3, 0.4) is 0 Å². The molecule has 2 aromatic heterocycles. The number of piperidine rings is 1. The summed E-state index contributed by atoms with van der Waals surface area (Å²) in [5.41, 5.74) is 7.19. The molecular weight excluding hydrogens is 434 g/mol. The Balaban J connectivity index is 1.36. The van der Waals surface area contributed by atoms with Crippen LogP contribution in [-0.4, -0.2) is 52.7 Å². The molecule has 1 saturated heterocycles. The van der Waals surface area contributed by atoms with Crippen molar-refractivity contribution in [2.45, 2.75) is 26.2 Å². The maximum Gasteiger partial charge on any atom is 0.261 e. The monoisotopic (exact) mass is 459 g/mol. The number of primary amides is 1. The summed E-state index contributed by atoms with van der Waals surface area (Å²) >= 11 is 7.56. The van der Waals surface area contributed by atoms with Crippen molar-refractivity contribution in [2.24, 2.45) is 11.7 Å². The Morgan fingerprint density at radius 2 is 2.19 bits per heavy atom. The van der Waals surface area contributed by atoms with Gasteiger partial charge in [0, 0.05) is 23.5 Å². The molecule has 1 atom stereocenters. The Morgan fingerprint density at radius 1 is 1.35 bits per heavy atom. The lowest BCUT2D eigenvalue weighted by Crippen LogP contribution is -2.42. The van der Waals surface area contributed by atoms with Crippen LogP contribution in [0.4, 0.5) is 0 Å². The van der Waals surface area contributed by atoms with Crippen molar-refractivity contribution in [3.05, 3.63) is 45.9 Å². The number of aromatic nitrogens is 2. The summed E-state index contributed by atoms with van der Waals surface area (Å²) in [6.07, 6.45) is 2.70. The highest BCUT2D eigenvalue weighted by atomic mass is 35.5. The van der Waals surface area contributed by atoms with Gasteiger partial charge in [0.05, 0.1) is 22.2 Å². The number of nitrogens with two attached hydrogens (primary N) is 1. The zero-order valence-electron chi connectivity index (χ0n) is 17.4. The molecule has 0 radical (unpaired) electrons. The predicted molar refractivity (Wildman–Crippen MR) is 124 cm³/mol. The first-order valence-corrected chi connectivity index (χ1v) is 11.7. The topological polar surface area (TPSA) is 93.2 Å². The van der Waals surface area contributed by atoms with Gasteiger partial charge in [-0.3, -0.25) is 9.59 Å². The van der Waals surface area contributed by atoms with Crippen LogP contribution in [0.2, 0.25) is 5.02 Å². The van der Waals surface area contributed by atoms with Gasteiger partial charge in [0.15, 0.2) is 0 Å². The molecule has 0 spiro atoms. The molecular formula is C22H26ClN5O2S. The van der Waals surface area contributed by atoms with E-state index in [9.17, 15) is 9.59 Å². The molecule has 1 aromatic carbocycles. The lowest BCUT2D eigenvalue weighted by Gasteiger charge is -2.31. The minimum atomic E-state index is -0.214. The van der Waals surface area contributed by atoms with E-state index in [1.807, 2.05) is 41.9 Å². The van der Waals surface area contributed by atoms with E-state index in [0.29, 0.717) is 16.4 Å². The molecule has 1 unspecified atom stereocenters. The van der Waals surface area contributed by atoms with E-state index in [4.69, 9.17) is 17.3 Å². The average molecular weight is 460 g/mol. The highest BCUT2D eigenvalue weighted by Crippen LogP contribution is 2.31. The summed E-state index contributed by atoms with van der Waals surface area (Å²) in [5, 5.41) is 9.23. The third-order valence-corrected chi connectivity index (χ3v) is 7.01. The molecule has 0 aliphatic carbocycles. The number of hydrogen-bond acceptors (Lipinski definition) is 5. The van der Waals surface area contributed by atoms with E-state index >= 15 is 0 Å². The van der Waals surface area contributed by atoms with Gasteiger partial charge in [-0.15, -0.1) is 11.3 Å². The fraction of sp³-hybridized carbons (Fsp3) is 0.409. The Bertz CT molecular complexity index is 1110. The van der Waals surface area contributed by atoms with Gasteiger partial charge in [0.1, 0.15) is 4.83 Å². The van der Waals surface area contributed by atoms with E-state index in [2.05, 4.69) is 15.3 Å². The molecule has 0 bridgehead atoms. The summed E-state index contributed by atoms with van der Waals surface area (Å²) < 4.78 is 1.84. The normalized spacial score (nSPS) is 17.2. The van der Waals surface area contributed by atoms with Crippen molar-refractivity contribution >= 4 is 45.0 Å². The number of benzene rings is 1. The van der Waals surface area contributed by atoms with Gasteiger partial charge in [-0.05, 0) is 63.5 Å². The molecule has 2 amide bonds. The average Bonchev–Trinajstić information content (AvgIpc) is 3.32. The largest absolute Gasteiger partial charge is 0.369 e. The second-order valence-electron chi connectivity index (χ2n) is 7.96. The lowest BCUT2D eigenvalue weighted by atomic mass is 9.97. The number of carbonyl (C=O) groups excluding carboxylic acids is 2. The quantitative estimate of drug-likeness (QED) is 0.530. The number of fused-ring (bicyclic) bond motifs is 1. The zero-order valence-corrected chi connectivity index (χ0v) is 19.0. The summed E-state index contributed by atoms with van der Waals surface area (Å²) in [5.74, 6) is -0.342. The van der Waals surface area contributed by atoms with Crippen LogP contribution < -0.4 is 11.1 Å². The van der Waals surface area contributed by atoms with Gasteiger partial charge in [-0.1, -0.05) is 17.7 Å². The van der Waals surface area contributed by atoms with Gasteiger partial charge in [-0.25, -0.2) is 4.68 Å². The van der Waals surface area contributed by atoms with Gasteiger partial charge in [0.2, 0.25) is 5.91 Å². The molecule has 164 valence electrons. The zero-order chi connectivity index (χ0) is 22.0. The maximum absolute atomic E-state index is 12.7. The smallest absolute Gasteiger partial charge is 0.261 e. The van der Waals surface area contributed by atoms with E-state index in [0.717, 1.165) is 60.5 Å². The van der Waals surface area contributed by atoms with Gasteiger partial charge < -0.3 is 16.0 Å². The minimum absolute atomic E-state index is 0.0517. The third-order valence-electron chi connectivity index (χ3n) is 5.67. The maximum atomic E-state index is 12.7. The van der Waals surface area contributed by atoms with Crippen LogP contribution in [0.25, 0.3) is 15.9 Å². The first-order chi connectivity index (χ1) is 14.9. The lowest BCUT2D eigenvalue weighted by molar-refractivity contribution is -0.123. The highest BCUT2D eigenvalue weighted by molar-refractivity contribution is 7.20. The van der Waals surface area contributed by atoms with Gasteiger partial charge in [0.25, 0.3) is 5.91 Å². The fourth-order valence-corrected chi connectivity index (χ4v) is 5.31. The number of amides is 2. The number of thiophene rings is 1. The van der Waals surface area contributed by atoms with Crippen LogP contribution in [0, 0.1) is 12.8 Å². The fourth-order valence-electron chi connectivity index (χ4n) is 4.02. The number of nitrogens with zero attached hydrogens (tertiary/aromatic N) is 3. The number of nitrogens with one attached hydrogen (secondary N) is 1. The molecule has 31 heavy (non-hydrogen) atoms. The molecule has 7 nitrogen and oxygen atoms in total. The molecule has 3 heterocycles. The molecule has 3 N–H and O–H groups in total. The summed E-state index contributed by atoms with van der Waals surface area (Å²) in [6, 6.07) is 9.41. The number of aryl methyl sites for hydroxylation is 1. The van der Waals surface area contributed by atoms with Crippen molar-refractivity contribution in [3.8, 4) is 5.69 Å². The molecule has 0 saturated carbocycles. The molecule has 9 heteroatoms. The third kappa shape index (κ3) is 4.92. The Morgan fingerprint density at radius 3 is 2.97 bits per heavy atom. The Kier molecular flexibility index (Phi) is 6.60. The second-order valence-corrected chi connectivity index (χ2v) is 9.43. The summed E-state index contributed by atoms with van der Waals surface area (Å²) in [4.78, 5) is 28.0. The van der Waals surface area contributed by atoms with Crippen molar-refractivity contribution in [3.63, 3.8) is 0 Å². The summed E-state index contributed by atoms with van der Waals surface area (Å²) in [7, 11) is 0. The number of hydrogen-bond donors (Lipinski definition) is 2. The van der Waals surface area contributed by atoms with Crippen LogP contribution >= 0.6 is 22.9 Å². The van der Waals surface area contributed by atoms with Crippen molar-refractivity contribution < 1.29 is 9.59 Å². The number of carbonyl (C=O) groups is 2. The standard InChI is InChI=1S/C22H26ClN5O2S/c1-14-18-12-19(31-22(18)28(26-14)17-7-2-6-16(23)11-17)21(30)25-8-4-10-27-9-3-5-15(13-27)20(24)29/h2,6-7,11-12,15H,3-5,8-10,13H2,1H3,(H2,24,29)(H,25,30). The van der Waals surface area contributed by atoms with E-state index in [1.165, 1.54) is 11.3 Å². The van der Waals surface area contributed by atoms with Crippen LogP contribution in [-0.2, 0) is 4.79 Å². The van der Waals surface area contributed by atoms with Crippen molar-refractivity contribution in [1.29, 1.82) is 0 Å². The molecule has 4 rings (SSSR count). The van der Waals surface area contributed by atoms with Crippen LogP contribution in [0.5, 0.6) is 0 Å². The van der Waals surface area contributed by atoms with E-state index in [1.54, 1.807) is 0 Å². The van der Waals surface area contributed by atoms with Crippen LogP contribution in [0.15, 0.2) is 30.3 Å². The number of halogens is 1. The van der Waals surface area contributed by atoms with E-state index in [-0.39, 0.29) is 17.7 Å².